The number of para-hydroxylation sites is 2. The number of piperazine rings is 1. The van der Waals surface area contributed by atoms with E-state index in [2.05, 4.69) is 31.9 Å². The van der Waals surface area contributed by atoms with Crippen molar-refractivity contribution in [3.8, 4) is 0 Å². The van der Waals surface area contributed by atoms with Crippen LogP contribution in [0.4, 0.5) is 0 Å². The maximum absolute atomic E-state index is 10.2. The lowest BCUT2D eigenvalue weighted by Crippen LogP contribution is -2.54. The van der Waals surface area contributed by atoms with Crippen molar-refractivity contribution >= 4 is 11.0 Å². The van der Waals surface area contributed by atoms with Gasteiger partial charge < -0.3 is 10.1 Å². The standard InChI is InChI=1S/C18H26N4O/c23-17-8-4-3-7-16(17)22-11-9-21(10-12-22)13-18-19-14-5-1-2-6-15(14)20-18/h1-2,5-6,16-17,23H,3-4,7-13H2,(H,19,20)/t16-,17+/m1/s1. The number of aliphatic hydroxyl groups is 1. The first-order chi connectivity index (χ1) is 11.3. The van der Waals surface area contributed by atoms with Gasteiger partial charge in [0.2, 0.25) is 0 Å². The third-order valence-corrected chi connectivity index (χ3v) is 5.38. The highest BCUT2D eigenvalue weighted by Crippen LogP contribution is 2.24. The van der Waals surface area contributed by atoms with Crippen molar-refractivity contribution in [2.45, 2.75) is 44.4 Å². The van der Waals surface area contributed by atoms with E-state index >= 15 is 0 Å². The van der Waals surface area contributed by atoms with Crippen molar-refractivity contribution in [3.63, 3.8) is 0 Å². The minimum atomic E-state index is -0.120. The molecule has 2 fully saturated rings. The maximum atomic E-state index is 10.2. The number of rotatable bonds is 3. The van der Waals surface area contributed by atoms with Crippen LogP contribution in [0.25, 0.3) is 11.0 Å². The fourth-order valence-electron chi connectivity index (χ4n) is 4.06. The third kappa shape index (κ3) is 3.27. The molecule has 0 spiro atoms. The van der Waals surface area contributed by atoms with Crippen LogP contribution in [0.15, 0.2) is 24.3 Å². The summed E-state index contributed by atoms with van der Waals surface area (Å²) in [5, 5.41) is 10.2. The number of benzene rings is 1. The van der Waals surface area contributed by atoms with E-state index in [1.165, 1.54) is 12.8 Å². The Morgan fingerprint density at radius 2 is 1.87 bits per heavy atom. The van der Waals surface area contributed by atoms with Gasteiger partial charge in [-0.15, -0.1) is 0 Å². The normalized spacial score (nSPS) is 27.5. The zero-order valence-electron chi connectivity index (χ0n) is 13.6. The average molecular weight is 314 g/mol. The van der Waals surface area contributed by atoms with E-state index in [0.717, 1.165) is 62.4 Å². The maximum Gasteiger partial charge on any atom is 0.121 e. The van der Waals surface area contributed by atoms with Crippen LogP contribution in [-0.4, -0.2) is 63.2 Å². The number of nitrogens with zero attached hydrogens (tertiary/aromatic N) is 3. The summed E-state index contributed by atoms with van der Waals surface area (Å²) < 4.78 is 0. The average Bonchev–Trinajstić information content (AvgIpc) is 2.98. The predicted molar refractivity (Wildman–Crippen MR) is 91.2 cm³/mol. The molecule has 2 heterocycles. The Hall–Kier alpha value is -1.43. The van der Waals surface area contributed by atoms with Crippen LogP contribution in [0.3, 0.4) is 0 Å². The Morgan fingerprint density at radius 3 is 2.65 bits per heavy atom. The molecule has 0 amide bonds. The van der Waals surface area contributed by atoms with Crippen molar-refractivity contribution < 1.29 is 5.11 Å². The van der Waals surface area contributed by atoms with Crippen LogP contribution in [0.2, 0.25) is 0 Å². The van der Waals surface area contributed by atoms with Crippen LogP contribution in [0.5, 0.6) is 0 Å². The molecule has 1 aliphatic heterocycles. The summed E-state index contributed by atoms with van der Waals surface area (Å²) >= 11 is 0. The number of aromatic nitrogens is 2. The predicted octanol–water partition coefficient (Wildman–Crippen LogP) is 1.98. The first-order valence-corrected chi connectivity index (χ1v) is 8.88. The van der Waals surface area contributed by atoms with E-state index in [1.807, 2.05) is 12.1 Å². The second-order valence-corrected chi connectivity index (χ2v) is 6.93. The highest BCUT2D eigenvalue weighted by molar-refractivity contribution is 5.74. The SMILES string of the molecule is O[C@H]1CCCC[C@H]1N1CCN(Cc2nc3ccccc3[nH]2)CC1. The molecule has 23 heavy (non-hydrogen) atoms. The first kappa shape index (κ1) is 15.1. The number of aromatic amines is 1. The summed E-state index contributed by atoms with van der Waals surface area (Å²) in [7, 11) is 0. The summed E-state index contributed by atoms with van der Waals surface area (Å²) in [6.07, 6.45) is 4.46. The molecule has 1 aliphatic carbocycles. The van der Waals surface area contributed by atoms with E-state index in [-0.39, 0.29) is 6.10 Å². The van der Waals surface area contributed by atoms with Gasteiger partial charge in [-0.3, -0.25) is 9.80 Å². The smallest absolute Gasteiger partial charge is 0.121 e. The number of imidazole rings is 1. The molecule has 124 valence electrons. The van der Waals surface area contributed by atoms with Gasteiger partial charge in [0.05, 0.1) is 23.7 Å². The summed E-state index contributed by atoms with van der Waals surface area (Å²) in [6.45, 7) is 5.11. The Kier molecular flexibility index (Phi) is 4.33. The minimum Gasteiger partial charge on any atom is -0.391 e. The summed E-state index contributed by atoms with van der Waals surface area (Å²) in [6, 6.07) is 8.59. The van der Waals surface area contributed by atoms with Gasteiger partial charge in [-0.2, -0.15) is 0 Å². The van der Waals surface area contributed by atoms with Gasteiger partial charge in [0, 0.05) is 32.2 Å². The van der Waals surface area contributed by atoms with Gasteiger partial charge in [0.25, 0.3) is 0 Å². The Morgan fingerprint density at radius 1 is 1.09 bits per heavy atom. The highest BCUT2D eigenvalue weighted by Gasteiger charge is 2.30. The molecular formula is C18H26N4O. The lowest BCUT2D eigenvalue weighted by molar-refractivity contribution is -0.00503. The van der Waals surface area contributed by atoms with Crippen LogP contribution in [0.1, 0.15) is 31.5 Å². The van der Waals surface area contributed by atoms with Crippen molar-refractivity contribution in [2.75, 3.05) is 26.2 Å². The molecule has 2 aromatic rings. The Labute approximate surface area is 137 Å². The van der Waals surface area contributed by atoms with Gasteiger partial charge in [-0.1, -0.05) is 25.0 Å². The zero-order valence-corrected chi connectivity index (χ0v) is 13.6. The summed E-state index contributed by atoms with van der Waals surface area (Å²) in [4.78, 5) is 13.1. The molecule has 1 aromatic heterocycles. The molecule has 1 aromatic carbocycles. The fourth-order valence-corrected chi connectivity index (χ4v) is 4.06. The quantitative estimate of drug-likeness (QED) is 0.910. The first-order valence-electron chi connectivity index (χ1n) is 8.88. The second-order valence-electron chi connectivity index (χ2n) is 6.93. The van der Waals surface area contributed by atoms with E-state index in [4.69, 9.17) is 0 Å². The molecule has 5 nitrogen and oxygen atoms in total. The molecule has 1 saturated carbocycles. The third-order valence-electron chi connectivity index (χ3n) is 5.38. The van der Waals surface area contributed by atoms with E-state index < -0.39 is 0 Å². The summed E-state index contributed by atoms with van der Waals surface area (Å²) in [5.74, 6) is 1.05. The van der Waals surface area contributed by atoms with Crippen LogP contribution >= 0.6 is 0 Å². The molecule has 5 heteroatoms. The van der Waals surface area contributed by atoms with E-state index in [0.29, 0.717) is 6.04 Å². The summed E-state index contributed by atoms with van der Waals surface area (Å²) in [5.41, 5.74) is 2.16. The van der Waals surface area contributed by atoms with Crippen LogP contribution < -0.4 is 0 Å². The van der Waals surface area contributed by atoms with Crippen molar-refractivity contribution in [1.29, 1.82) is 0 Å². The lowest BCUT2D eigenvalue weighted by atomic mass is 9.91. The van der Waals surface area contributed by atoms with Gasteiger partial charge in [0.15, 0.2) is 0 Å². The largest absolute Gasteiger partial charge is 0.391 e. The van der Waals surface area contributed by atoms with Gasteiger partial charge in [-0.25, -0.2) is 4.98 Å². The number of nitrogens with one attached hydrogen (secondary N) is 1. The molecule has 0 bridgehead atoms. The van der Waals surface area contributed by atoms with E-state index in [9.17, 15) is 5.11 Å². The lowest BCUT2D eigenvalue weighted by Gasteiger charge is -2.42. The minimum absolute atomic E-state index is 0.120. The second kappa shape index (κ2) is 6.59. The molecule has 1 saturated heterocycles. The molecular weight excluding hydrogens is 288 g/mol. The van der Waals surface area contributed by atoms with Crippen LogP contribution in [0, 0.1) is 0 Å². The van der Waals surface area contributed by atoms with Crippen molar-refractivity contribution in [2.24, 2.45) is 0 Å². The van der Waals surface area contributed by atoms with Gasteiger partial charge in [0.1, 0.15) is 5.82 Å². The Balaban J connectivity index is 1.34. The molecule has 0 unspecified atom stereocenters. The molecule has 4 rings (SSSR count). The molecule has 2 N–H and O–H groups in total. The molecule has 2 atom stereocenters. The van der Waals surface area contributed by atoms with E-state index in [1.54, 1.807) is 0 Å². The number of aliphatic hydroxyl groups excluding tert-OH is 1. The number of H-pyrrole nitrogens is 1. The number of fused-ring (bicyclic) bond motifs is 1. The van der Waals surface area contributed by atoms with Gasteiger partial charge in [-0.05, 0) is 25.0 Å². The molecule has 2 aliphatic rings. The van der Waals surface area contributed by atoms with Crippen molar-refractivity contribution in [1.82, 2.24) is 19.8 Å². The van der Waals surface area contributed by atoms with Gasteiger partial charge >= 0.3 is 0 Å². The van der Waals surface area contributed by atoms with Crippen molar-refractivity contribution in [3.05, 3.63) is 30.1 Å². The number of hydrogen-bond donors (Lipinski definition) is 2. The molecule has 0 radical (unpaired) electrons. The highest BCUT2D eigenvalue weighted by atomic mass is 16.3. The fraction of sp³-hybridized carbons (Fsp3) is 0.611. The Bertz CT molecular complexity index is 614. The monoisotopic (exact) mass is 314 g/mol. The number of hydrogen-bond acceptors (Lipinski definition) is 4. The van der Waals surface area contributed by atoms with Crippen LogP contribution in [-0.2, 0) is 6.54 Å². The topological polar surface area (TPSA) is 55.4 Å². The zero-order chi connectivity index (χ0) is 15.6.